The lowest BCUT2D eigenvalue weighted by molar-refractivity contribution is -0.137. The molecular weight excluding hydrogens is 533 g/mol. The minimum atomic E-state index is -4.58. The van der Waals surface area contributed by atoms with Gasteiger partial charge in [-0.1, -0.05) is 6.07 Å². The Kier molecular flexibility index (Phi) is 6.45. The average molecular weight is 557 g/mol. The van der Waals surface area contributed by atoms with Crippen LogP contribution < -0.4 is 16.3 Å². The van der Waals surface area contributed by atoms with Gasteiger partial charge in [-0.25, -0.2) is 9.98 Å². The van der Waals surface area contributed by atoms with Crippen LogP contribution in [0.2, 0.25) is 0 Å². The Labute approximate surface area is 232 Å². The summed E-state index contributed by atoms with van der Waals surface area (Å²) in [4.78, 5) is 34.5. The topological polar surface area (TPSA) is 110 Å². The van der Waals surface area contributed by atoms with E-state index in [0.29, 0.717) is 30.1 Å². The van der Waals surface area contributed by atoms with Crippen LogP contribution in [0, 0.1) is 13.8 Å². The lowest BCUT2D eigenvalue weighted by atomic mass is 9.98. The molecule has 0 saturated carbocycles. The van der Waals surface area contributed by atoms with Crippen LogP contribution in [-0.2, 0) is 12.7 Å². The van der Waals surface area contributed by atoms with Gasteiger partial charge in [-0.3, -0.25) is 14.8 Å². The molecule has 12 heteroatoms. The predicted octanol–water partition coefficient (Wildman–Crippen LogP) is 5.39. The molecule has 41 heavy (non-hydrogen) atoms. The van der Waals surface area contributed by atoms with E-state index < -0.39 is 17.6 Å². The Morgan fingerprint density at radius 3 is 2.63 bits per heavy atom. The van der Waals surface area contributed by atoms with Gasteiger partial charge in [0.05, 0.1) is 11.3 Å². The summed E-state index contributed by atoms with van der Waals surface area (Å²) in [6.07, 6.45) is -0.192. The molecule has 0 radical (unpaired) electrons. The van der Waals surface area contributed by atoms with E-state index in [1.807, 2.05) is 32.0 Å². The van der Waals surface area contributed by atoms with Crippen molar-refractivity contribution in [2.75, 3.05) is 17.2 Å². The first-order chi connectivity index (χ1) is 19.7. The smallest absolute Gasteiger partial charge is 0.369 e. The Bertz CT molecular complexity index is 1850. The third-order valence-electron chi connectivity index (χ3n) is 6.71. The second-order valence-corrected chi connectivity index (χ2v) is 9.61. The fraction of sp³-hybridized carbons (Fsp3) is 0.172. The van der Waals surface area contributed by atoms with Crippen LogP contribution in [0.4, 0.5) is 30.4 Å². The summed E-state index contributed by atoms with van der Waals surface area (Å²) in [6.45, 7) is 5.21. The number of benzene rings is 1. The van der Waals surface area contributed by atoms with Crippen LogP contribution in [-0.4, -0.2) is 37.0 Å². The third kappa shape index (κ3) is 5.23. The van der Waals surface area contributed by atoms with Crippen LogP contribution in [0.3, 0.4) is 0 Å². The number of carbonyl (C=O) groups is 1. The number of aryl methyl sites for hydroxylation is 2. The molecule has 1 amide bonds. The Morgan fingerprint density at radius 2 is 1.83 bits per heavy atom. The van der Waals surface area contributed by atoms with Gasteiger partial charge in [0, 0.05) is 54.2 Å². The summed E-state index contributed by atoms with van der Waals surface area (Å²) in [5, 5.41) is 6.11. The number of aromatic nitrogens is 5. The number of nitrogens with one attached hydrogen (secondary N) is 2. The van der Waals surface area contributed by atoms with E-state index in [0.717, 1.165) is 57.9 Å². The summed E-state index contributed by atoms with van der Waals surface area (Å²) < 4.78 is 41.4. The zero-order chi connectivity index (χ0) is 28.7. The molecule has 2 aromatic heterocycles. The van der Waals surface area contributed by atoms with Crippen molar-refractivity contribution in [2.45, 2.75) is 26.6 Å². The lowest BCUT2D eigenvalue weighted by Crippen LogP contribution is -2.17. The number of nitrogens with zero attached hydrogens (tertiary/aromatic N) is 6. The van der Waals surface area contributed by atoms with Crippen LogP contribution in [0.25, 0.3) is 22.5 Å². The van der Waals surface area contributed by atoms with Gasteiger partial charge in [0.15, 0.2) is 0 Å². The number of anilines is 2. The van der Waals surface area contributed by atoms with E-state index >= 15 is 0 Å². The molecule has 3 aromatic rings. The number of pyridine rings is 3. The van der Waals surface area contributed by atoms with Crippen LogP contribution in [0.15, 0.2) is 72.1 Å². The molecule has 0 bridgehead atoms. The summed E-state index contributed by atoms with van der Waals surface area (Å²) in [5.41, 5.74) is 4.50. The number of hydrogen-bond acceptors (Lipinski definition) is 7. The van der Waals surface area contributed by atoms with Crippen molar-refractivity contribution in [2.24, 2.45) is 4.99 Å². The highest BCUT2D eigenvalue weighted by atomic mass is 19.4. The minimum Gasteiger partial charge on any atom is -0.369 e. The number of amides is 1. The first kappa shape index (κ1) is 26.1. The van der Waals surface area contributed by atoms with Gasteiger partial charge in [-0.05, 0) is 67.4 Å². The summed E-state index contributed by atoms with van der Waals surface area (Å²) in [7, 11) is 0. The van der Waals surface area contributed by atoms with Gasteiger partial charge >= 0.3 is 6.18 Å². The number of fused-ring (bicyclic) bond motifs is 3. The number of hydrogen-bond donors (Lipinski definition) is 2. The Morgan fingerprint density at radius 1 is 1.00 bits per heavy atom. The van der Waals surface area contributed by atoms with E-state index in [1.165, 1.54) is 0 Å². The first-order valence-electron chi connectivity index (χ1n) is 12.7. The molecule has 206 valence electrons. The zero-order valence-electron chi connectivity index (χ0n) is 22.0. The van der Waals surface area contributed by atoms with E-state index in [1.54, 1.807) is 30.6 Å². The molecule has 0 fully saturated rings. The molecule has 0 atom stereocenters. The minimum absolute atomic E-state index is 0.328. The van der Waals surface area contributed by atoms with Crippen molar-refractivity contribution >= 4 is 23.1 Å². The fourth-order valence-corrected chi connectivity index (χ4v) is 4.75. The maximum atomic E-state index is 13.1. The number of rotatable bonds is 4. The molecule has 0 unspecified atom stereocenters. The highest BCUT2D eigenvalue weighted by Crippen LogP contribution is 2.39. The Balaban J connectivity index is 1.37. The maximum absolute atomic E-state index is 13.1. The normalized spacial score (nSPS) is 13.2. The van der Waals surface area contributed by atoms with Crippen molar-refractivity contribution in [1.82, 2.24) is 24.5 Å². The lowest BCUT2D eigenvalue weighted by Gasteiger charge is -2.19. The summed E-state index contributed by atoms with van der Waals surface area (Å²) in [6, 6.07) is 12.5. The Hall–Kier alpha value is -5.13. The highest BCUT2D eigenvalue weighted by molar-refractivity contribution is 6.03. The van der Waals surface area contributed by atoms with Gasteiger partial charge < -0.3 is 15.2 Å². The molecule has 1 aromatic carbocycles. The van der Waals surface area contributed by atoms with Crippen LogP contribution >= 0.6 is 0 Å². The summed E-state index contributed by atoms with van der Waals surface area (Å²) in [5.74, 6) is 0.843. The fourth-order valence-electron chi connectivity index (χ4n) is 4.75. The first-order valence-corrected chi connectivity index (χ1v) is 12.7. The number of halogens is 3. The van der Waals surface area contributed by atoms with Crippen LogP contribution in [0.1, 0.15) is 27.3 Å². The van der Waals surface area contributed by atoms with Crippen molar-refractivity contribution in [3.8, 4) is 22.5 Å². The van der Waals surface area contributed by atoms with E-state index in [9.17, 15) is 18.0 Å². The molecule has 0 aliphatic carbocycles. The zero-order valence-corrected chi connectivity index (χ0v) is 22.0. The van der Waals surface area contributed by atoms with Crippen molar-refractivity contribution in [3.05, 3.63) is 95.3 Å². The summed E-state index contributed by atoms with van der Waals surface area (Å²) >= 11 is 0. The average Bonchev–Trinajstić information content (AvgIpc) is 3.44. The molecule has 3 aliphatic rings. The van der Waals surface area contributed by atoms with Crippen LogP contribution in [0.5, 0.6) is 0 Å². The van der Waals surface area contributed by atoms with E-state index in [2.05, 4.69) is 35.1 Å². The second kappa shape index (κ2) is 10.1. The van der Waals surface area contributed by atoms with Crippen molar-refractivity contribution < 1.29 is 18.0 Å². The van der Waals surface area contributed by atoms with Gasteiger partial charge in [0.1, 0.15) is 17.3 Å². The molecule has 5 heterocycles. The van der Waals surface area contributed by atoms with E-state index in [4.69, 9.17) is 4.98 Å². The van der Waals surface area contributed by atoms with Gasteiger partial charge in [0.2, 0.25) is 0 Å². The van der Waals surface area contributed by atoms with Gasteiger partial charge in [-0.15, -0.1) is 0 Å². The number of alkyl halides is 3. The predicted molar refractivity (Wildman–Crippen MR) is 147 cm³/mol. The molecule has 3 aliphatic heterocycles. The second-order valence-electron chi connectivity index (χ2n) is 9.61. The van der Waals surface area contributed by atoms with Crippen molar-refractivity contribution in [3.63, 3.8) is 0 Å². The molecule has 0 saturated heterocycles. The number of carbonyl (C=O) groups excluding carboxylic acids is 1. The molecular formula is C29H23F3N8O. The van der Waals surface area contributed by atoms with E-state index in [-0.39, 0.29) is 5.69 Å². The third-order valence-corrected chi connectivity index (χ3v) is 6.71. The SMILES string of the molecule is Cc1cc(N=c2ncc3cc(-c4cc(NC(=O)c5cc(C(F)(F)F)ccn5)ccc4C)c4n(c-3n2)CCN4)ccn1. The maximum Gasteiger partial charge on any atom is 0.416 e. The largest absolute Gasteiger partial charge is 0.416 e. The molecule has 2 N–H and O–H groups in total. The quantitative estimate of drug-likeness (QED) is 0.307. The standard InChI is InChI=1S/C29H23F3N8O/c1-16-3-4-20(37-27(41)24-13-19(5-7-34-24)29(30,31)32)14-22(16)23-12-18-15-36-28(38-21-6-8-33-17(2)11-21)39-25(18)40-10-9-35-26(23)40/h3-8,11-15,35H,9-10H2,1-2H3,(H,37,41). The van der Waals surface area contributed by atoms with Gasteiger partial charge in [0.25, 0.3) is 11.5 Å². The molecule has 9 nitrogen and oxygen atoms in total. The molecule has 6 rings (SSSR count). The highest BCUT2D eigenvalue weighted by Gasteiger charge is 2.31. The van der Waals surface area contributed by atoms with Crippen molar-refractivity contribution in [1.29, 1.82) is 0 Å². The molecule has 0 spiro atoms. The van der Waals surface area contributed by atoms with Gasteiger partial charge in [-0.2, -0.15) is 18.2 Å². The monoisotopic (exact) mass is 556 g/mol.